The van der Waals surface area contributed by atoms with Crippen molar-refractivity contribution in [2.24, 2.45) is 9.98 Å². The summed E-state index contributed by atoms with van der Waals surface area (Å²) in [7, 11) is 9.53. The van der Waals surface area contributed by atoms with E-state index in [-0.39, 0.29) is 13.1 Å². The van der Waals surface area contributed by atoms with Crippen LogP contribution in [0.5, 0.6) is 0 Å². The van der Waals surface area contributed by atoms with Crippen molar-refractivity contribution in [3.63, 3.8) is 0 Å². The van der Waals surface area contributed by atoms with Gasteiger partial charge in [-0.05, 0) is 67.5 Å². The maximum atomic E-state index is 5.20. The van der Waals surface area contributed by atoms with Crippen LogP contribution in [-0.4, -0.2) is 16.4 Å². The average molecular weight is 642 g/mol. The van der Waals surface area contributed by atoms with Gasteiger partial charge in [0.05, 0.1) is 34.2 Å². The number of para-hydroxylation sites is 2. The molecule has 4 aromatic rings. The zero-order valence-corrected chi connectivity index (χ0v) is 27.9. The summed E-state index contributed by atoms with van der Waals surface area (Å²) in [5.74, 6) is 0. The van der Waals surface area contributed by atoms with Crippen LogP contribution in [0.15, 0.2) is 94.9 Å². The molecule has 42 heavy (non-hydrogen) atoms. The number of pyridine rings is 1. The zero-order valence-electron chi connectivity index (χ0n) is 25.3. The van der Waals surface area contributed by atoms with Gasteiger partial charge in [-0.1, -0.05) is 113 Å². The van der Waals surface area contributed by atoms with Crippen molar-refractivity contribution in [2.45, 2.75) is 73.1 Å². The summed E-state index contributed by atoms with van der Waals surface area (Å²) in [6.45, 7) is 10.8. The monoisotopic (exact) mass is 641 g/mol. The van der Waals surface area contributed by atoms with E-state index in [2.05, 4.69) is 113 Å². The first kappa shape index (κ1) is 33.7. The molecule has 0 saturated heterocycles. The topological polar surface area (TPSA) is 37.6 Å². The molecule has 222 valence electrons. The molecule has 0 N–H and O–H groups in total. The fourth-order valence-electron chi connectivity index (χ4n) is 5.06. The normalized spacial score (nSPS) is 11.8. The Balaban J connectivity index is 0.00000155. The van der Waals surface area contributed by atoms with Gasteiger partial charge >= 0.3 is 33.3 Å². The molecule has 3 nitrogen and oxygen atoms in total. The number of aliphatic imine (C=N–C) groups is 2. The fraction of sp³-hybridized carbons (Fsp3) is 0.306. The molecule has 0 aliphatic carbocycles. The minimum atomic E-state index is 0.194. The van der Waals surface area contributed by atoms with Crippen LogP contribution >= 0.6 is 20.2 Å². The Morgan fingerprint density at radius 3 is 1.52 bits per heavy atom. The first-order valence-corrected chi connectivity index (χ1v) is 17.7. The van der Waals surface area contributed by atoms with Gasteiger partial charge in [0.1, 0.15) is 0 Å². The van der Waals surface area contributed by atoms with Gasteiger partial charge in [0.25, 0.3) is 0 Å². The molecule has 6 heteroatoms. The number of rotatable bonds is 11. The van der Waals surface area contributed by atoms with Gasteiger partial charge < -0.3 is 0 Å². The molecule has 0 atom stereocenters. The third-order valence-corrected chi connectivity index (χ3v) is 7.02. The summed E-state index contributed by atoms with van der Waals surface area (Å²) in [6, 6.07) is 29.8. The Bertz CT molecular complexity index is 1460. The summed E-state index contributed by atoms with van der Waals surface area (Å²) >= 11 is 0.194. The van der Waals surface area contributed by atoms with Crippen molar-refractivity contribution in [1.29, 1.82) is 0 Å². The number of nitrogens with zero attached hydrogens (tertiary/aromatic N) is 3. The van der Waals surface area contributed by atoms with Gasteiger partial charge in [-0.15, -0.1) is 0 Å². The van der Waals surface area contributed by atoms with E-state index in [1.54, 1.807) is 0 Å². The van der Waals surface area contributed by atoms with Crippen molar-refractivity contribution in [2.75, 3.05) is 0 Å². The van der Waals surface area contributed by atoms with Crippen LogP contribution in [0.4, 0.5) is 11.4 Å². The van der Waals surface area contributed by atoms with Crippen molar-refractivity contribution in [3.05, 3.63) is 113 Å². The number of aryl methyl sites for hydroxylation is 3. The van der Waals surface area contributed by atoms with Crippen molar-refractivity contribution < 1.29 is 13.1 Å². The molecule has 0 spiro atoms. The summed E-state index contributed by atoms with van der Waals surface area (Å²) in [4.78, 5) is 15.4. The number of halogens is 2. The molecular formula is C36H41Cl2FeN3. The molecule has 0 unspecified atom stereocenters. The Kier molecular flexibility index (Phi) is 14.5. The van der Waals surface area contributed by atoms with E-state index in [1.165, 1.54) is 22.3 Å². The average Bonchev–Trinajstić information content (AvgIpc) is 3.00. The van der Waals surface area contributed by atoms with Crippen LogP contribution in [0.3, 0.4) is 0 Å². The molecule has 0 aliphatic heterocycles. The second-order valence-corrected chi connectivity index (χ2v) is 12.0. The number of benzene rings is 3. The minimum absolute atomic E-state index is 0.194. The third-order valence-electron chi connectivity index (χ3n) is 7.02. The van der Waals surface area contributed by atoms with Gasteiger partial charge in [0.15, 0.2) is 0 Å². The Hall–Kier alpha value is -2.75. The van der Waals surface area contributed by atoms with Crippen LogP contribution in [0, 0.1) is 0 Å². The Labute approximate surface area is 267 Å². The predicted octanol–water partition coefficient (Wildman–Crippen LogP) is 11.3. The van der Waals surface area contributed by atoms with Crippen molar-refractivity contribution in [1.82, 2.24) is 4.98 Å². The van der Waals surface area contributed by atoms with Gasteiger partial charge in [-0.25, -0.2) is 4.98 Å². The standard InChI is InChI=1S/C36H41N3.2ClH.Fe/c1-6-15-29-20-12-21-30(16-7-2)35(29)37-26(4)33-24-14-25-34(39-33)27(5)38-36-31(17-8-3)22-13-23-32(36)28-18-10-9-11-19-28;;;/h9-14,18-25H,6-8,15-17H2,1-5H3;2*1H;/q;;;+2/p-2. The van der Waals surface area contributed by atoms with Crippen LogP contribution in [0.25, 0.3) is 11.1 Å². The van der Waals surface area contributed by atoms with Gasteiger partial charge in [0, 0.05) is 5.56 Å². The fourth-order valence-corrected chi connectivity index (χ4v) is 5.06. The maximum absolute atomic E-state index is 5.20. The first-order chi connectivity index (χ1) is 20.5. The zero-order chi connectivity index (χ0) is 30.3. The molecule has 0 aliphatic rings. The Morgan fingerprint density at radius 1 is 0.595 bits per heavy atom. The summed E-state index contributed by atoms with van der Waals surface area (Å²) in [6.07, 6.45) is 6.33. The predicted molar refractivity (Wildman–Crippen MR) is 180 cm³/mol. The molecule has 4 rings (SSSR count). The quantitative estimate of drug-likeness (QED) is 0.119. The molecule has 1 aromatic heterocycles. The van der Waals surface area contributed by atoms with E-state index < -0.39 is 0 Å². The molecule has 0 fully saturated rings. The van der Waals surface area contributed by atoms with Gasteiger partial charge in [0.2, 0.25) is 0 Å². The van der Waals surface area contributed by atoms with E-state index in [0.29, 0.717) is 0 Å². The molecular weight excluding hydrogens is 601 g/mol. The van der Waals surface area contributed by atoms with Crippen molar-refractivity contribution >= 4 is 43.0 Å². The van der Waals surface area contributed by atoms with Crippen LogP contribution in [-0.2, 0) is 32.4 Å². The molecule has 0 radical (unpaired) electrons. The second-order valence-electron chi connectivity index (χ2n) is 10.2. The molecule has 3 aromatic carbocycles. The summed E-state index contributed by atoms with van der Waals surface area (Å²) in [5.41, 5.74) is 12.0. The van der Waals surface area contributed by atoms with Crippen LogP contribution in [0.1, 0.15) is 82.0 Å². The SMILES string of the molecule is CCCc1cccc(CCC)c1N=C(C)c1cccc(C(C)=Nc2c(CCC)cccc2-c2ccccc2)n1.[Cl][Fe][Cl]. The van der Waals surface area contributed by atoms with Gasteiger partial charge in [-0.3, -0.25) is 9.98 Å². The Morgan fingerprint density at radius 2 is 1.02 bits per heavy atom. The van der Waals surface area contributed by atoms with Crippen LogP contribution < -0.4 is 0 Å². The molecule has 0 saturated carbocycles. The third kappa shape index (κ3) is 9.38. The number of hydrogen-bond acceptors (Lipinski definition) is 3. The van der Waals surface area contributed by atoms with Crippen LogP contribution in [0.2, 0.25) is 0 Å². The van der Waals surface area contributed by atoms with Crippen molar-refractivity contribution in [3.8, 4) is 11.1 Å². The van der Waals surface area contributed by atoms with E-state index >= 15 is 0 Å². The van der Waals surface area contributed by atoms with E-state index in [9.17, 15) is 0 Å². The second kappa shape index (κ2) is 18.0. The molecule has 0 bridgehead atoms. The van der Waals surface area contributed by atoms with E-state index in [1.807, 2.05) is 6.07 Å². The van der Waals surface area contributed by atoms with Gasteiger partial charge in [-0.2, -0.15) is 0 Å². The molecule has 0 amide bonds. The summed E-state index contributed by atoms with van der Waals surface area (Å²) in [5, 5.41) is 0. The van der Waals surface area contributed by atoms with E-state index in [4.69, 9.17) is 35.2 Å². The summed E-state index contributed by atoms with van der Waals surface area (Å²) < 4.78 is 0. The number of aromatic nitrogens is 1. The number of hydrogen-bond donors (Lipinski definition) is 0. The van der Waals surface area contributed by atoms with E-state index in [0.717, 1.165) is 78.3 Å². The first-order valence-electron chi connectivity index (χ1n) is 14.7. The molecule has 1 heterocycles.